The first-order valence-electron chi connectivity index (χ1n) is 13.0. The second-order valence-electron chi connectivity index (χ2n) is 11.4. The van der Waals surface area contributed by atoms with Crippen molar-refractivity contribution < 1.29 is 18.8 Å². The Morgan fingerprint density at radius 2 is 1.95 bits per heavy atom. The van der Waals surface area contributed by atoms with Gasteiger partial charge >= 0.3 is 0 Å². The van der Waals surface area contributed by atoms with E-state index in [0.717, 1.165) is 16.7 Å². The second kappa shape index (κ2) is 9.16. The highest BCUT2D eigenvalue weighted by molar-refractivity contribution is 6.30. The predicted octanol–water partition coefficient (Wildman–Crippen LogP) is 5.19. The van der Waals surface area contributed by atoms with Gasteiger partial charge in [0.1, 0.15) is 18.2 Å². The molecule has 3 amide bonds. The number of benzene rings is 2. The fraction of sp³-hybridized carbons (Fsp3) is 0.333. The number of fused-ring (bicyclic) bond motifs is 3. The number of aromatic nitrogens is 1. The number of rotatable bonds is 4. The monoisotopic (exact) mass is 546 g/mol. The molecule has 9 heteroatoms. The van der Waals surface area contributed by atoms with E-state index in [9.17, 15) is 18.8 Å². The van der Waals surface area contributed by atoms with Gasteiger partial charge in [0.2, 0.25) is 17.7 Å². The molecule has 7 nitrogen and oxygen atoms in total. The molecule has 1 aromatic heterocycles. The van der Waals surface area contributed by atoms with Crippen LogP contribution in [-0.2, 0) is 32.6 Å². The summed E-state index contributed by atoms with van der Waals surface area (Å²) in [7, 11) is 0. The topological polar surface area (TPSA) is 91.4 Å². The number of likely N-dealkylation sites (tertiary alicyclic amines) is 1. The number of amides is 3. The number of piperidine rings is 1. The number of hydrogen-bond donors (Lipinski definition) is 2. The molecule has 3 heterocycles. The molecule has 6 rings (SSSR count). The standard InChI is InChI=1S/C30H28ClFN4O3/c1-29(2)10-9-24(17-6-8-23(32)22(31)13-17)36(28(29)39)16-25(37)34-20-7-5-18-14-30(15-19(18)12-20)21-4-3-11-33-26(21)35-27(30)38/h3-8,11-13,24H,9-10,14-16H2,1-2H3,(H,34,37)(H,33,35,38)/t24-,30?/m0/s1. The highest BCUT2D eigenvalue weighted by atomic mass is 35.5. The van der Waals surface area contributed by atoms with Crippen LogP contribution in [0.3, 0.4) is 0 Å². The number of halogens is 2. The molecular formula is C30H28ClFN4O3. The molecule has 2 aliphatic heterocycles. The Hall–Kier alpha value is -3.78. The summed E-state index contributed by atoms with van der Waals surface area (Å²) in [5.41, 5.74) is 2.94. The van der Waals surface area contributed by atoms with Gasteiger partial charge in [-0.25, -0.2) is 9.37 Å². The summed E-state index contributed by atoms with van der Waals surface area (Å²) in [6.07, 6.45) is 4.02. The van der Waals surface area contributed by atoms with Crippen LogP contribution in [0.2, 0.25) is 5.02 Å². The Bertz CT molecular complexity index is 1540. The van der Waals surface area contributed by atoms with Gasteiger partial charge in [-0.1, -0.05) is 43.6 Å². The van der Waals surface area contributed by atoms with Gasteiger partial charge in [0.25, 0.3) is 0 Å². The smallest absolute Gasteiger partial charge is 0.244 e. The molecule has 3 aliphatic rings. The highest BCUT2D eigenvalue weighted by Crippen LogP contribution is 2.47. The zero-order valence-electron chi connectivity index (χ0n) is 21.7. The van der Waals surface area contributed by atoms with Crippen LogP contribution in [0, 0.1) is 11.2 Å². The summed E-state index contributed by atoms with van der Waals surface area (Å²) < 4.78 is 13.8. The third kappa shape index (κ3) is 4.27. The molecule has 1 fully saturated rings. The Balaban J connectivity index is 1.21. The zero-order chi connectivity index (χ0) is 27.5. The minimum absolute atomic E-state index is 0.0144. The number of pyridine rings is 1. The van der Waals surface area contributed by atoms with Crippen LogP contribution in [0.1, 0.15) is 55.0 Å². The summed E-state index contributed by atoms with van der Waals surface area (Å²) in [4.78, 5) is 45.5. The third-order valence-electron chi connectivity index (χ3n) is 8.37. The quantitative estimate of drug-likeness (QED) is 0.471. The van der Waals surface area contributed by atoms with Crippen molar-refractivity contribution >= 4 is 40.8 Å². The number of nitrogens with zero attached hydrogens (tertiary/aromatic N) is 2. The average Bonchev–Trinajstić information content (AvgIpc) is 3.41. The SMILES string of the molecule is CC1(C)CC[C@@H](c2ccc(F)c(Cl)c2)N(CC(=O)Nc2ccc3c(c2)CC2(C3)C(=O)Nc3ncccc32)C1=O. The average molecular weight is 547 g/mol. The van der Waals surface area contributed by atoms with Crippen molar-refractivity contribution in [3.8, 4) is 0 Å². The molecule has 3 aromatic rings. The van der Waals surface area contributed by atoms with Gasteiger partial charge in [0.05, 0.1) is 16.5 Å². The molecular weight excluding hydrogens is 519 g/mol. The lowest BCUT2D eigenvalue weighted by molar-refractivity contribution is -0.150. The molecule has 200 valence electrons. The molecule has 2 N–H and O–H groups in total. The van der Waals surface area contributed by atoms with E-state index in [1.165, 1.54) is 12.1 Å². The predicted molar refractivity (Wildman–Crippen MR) is 146 cm³/mol. The highest BCUT2D eigenvalue weighted by Gasteiger charge is 2.51. The minimum Gasteiger partial charge on any atom is -0.326 e. The van der Waals surface area contributed by atoms with Crippen LogP contribution in [0.15, 0.2) is 54.7 Å². The third-order valence-corrected chi connectivity index (χ3v) is 8.66. The van der Waals surface area contributed by atoms with E-state index < -0.39 is 16.6 Å². The van der Waals surface area contributed by atoms with Gasteiger partial charge in [-0.05, 0) is 72.7 Å². The lowest BCUT2D eigenvalue weighted by Crippen LogP contribution is -2.50. The van der Waals surface area contributed by atoms with Crippen LogP contribution >= 0.6 is 11.6 Å². The van der Waals surface area contributed by atoms with Crippen molar-refractivity contribution in [2.75, 3.05) is 17.2 Å². The first-order valence-corrected chi connectivity index (χ1v) is 13.4. The van der Waals surface area contributed by atoms with Crippen molar-refractivity contribution in [3.63, 3.8) is 0 Å². The largest absolute Gasteiger partial charge is 0.326 e. The van der Waals surface area contributed by atoms with Crippen LogP contribution < -0.4 is 10.6 Å². The Labute approximate surface area is 230 Å². The maximum Gasteiger partial charge on any atom is 0.244 e. The molecule has 0 radical (unpaired) electrons. The molecule has 2 aromatic carbocycles. The number of carbonyl (C=O) groups is 3. The maximum absolute atomic E-state index is 13.8. The number of anilines is 2. The molecule has 1 spiro atoms. The van der Waals surface area contributed by atoms with Crippen molar-refractivity contribution in [3.05, 3.63) is 87.8 Å². The van der Waals surface area contributed by atoms with Crippen LogP contribution in [0.25, 0.3) is 0 Å². The molecule has 39 heavy (non-hydrogen) atoms. The summed E-state index contributed by atoms with van der Waals surface area (Å²) in [5.74, 6) is -0.448. The molecule has 1 unspecified atom stereocenters. The van der Waals surface area contributed by atoms with Crippen molar-refractivity contribution in [1.82, 2.24) is 9.88 Å². The normalized spacial score (nSPS) is 23.0. The molecule has 0 saturated carbocycles. The van der Waals surface area contributed by atoms with E-state index in [2.05, 4.69) is 15.6 Å². The first-order chi connectivity index (χ1) is 18.6. The number of nitrogens with one attached hydrogen (secondary N) is 2. The van der Waals surface area contributed by atoms with Gasteiger partial charge in [0.15, 0.2) is 0 Å². The van der Waals surface area contributed by atoms with E-state index in [1.807, 2.05) is 44.2 Å². The van der Waals surface area contributed by atoms with E-state index in [-0.39, 0.29) is 35.3 Å². The molecule has 1 aliphatic carbocycles. The van der Waals surface area contributed by atoms with Crippen molar-refractivity contribution in [2.45, 2.75) is 51.0 Å². The van der Waals surface area contributed by atoms with E-state index in [0.29, 0.717) is 42.8 Å². The van der Waals surface area contributed by atoms with E-state index >= 15 is 0 Å². The van der Waals surface area contributed by atoms with Crippen LogP contribution in [-0.4, -0.2) is 34.2 Å². The van der Waals surface area contributed by atoms with Gasteiger partial charge in [0, 0.05) is 22.9 Å². The molecule has 2 atom stereocenters. The molecule has 1 saturated heterocycles. The van der Waals surface area contributed by atoms with E-state index in [1.54, 1.807) is 17.2 Å². The maximum atomic E-state index is 13.8. The van der Waals surface area contributed by atoms with Crippen LogP contribution in [0.5, 0.6) is 0 Å². The Morgan fingerprint density at radius 1 is 1.15 bits per heavy atom. The summed E-state index contributed by atoms with van der Waals surface area (Å²) >= 11 is 6.03. The Morgan fingerprint density at radius 3 is 2.74 bits per heavy atom. The second-order valence-corrected chi connectivity index (χ2v) is 11.8. The summed E-state index contributed by atoms with van der Waals surface area (Å²) in [6.45, 7) is 3.60. The first kappa shape index (κ1) is 25.5. The summed E-state index contributed by atoms with van der Waals surface area (Å²) in [6, 6.07) is 13.5. The van der Waals surface area contributed by atoms with Crippen LogP contribution in [0.4, 0.5) is 15.9 Å². The lowest BCUT2D eigenvalue weighted by Gasteiger charge is -2.43. The minimum atomic E-state index is -0.690. The Kier molecular flexibility index (Phi) is 5.99. The lowest BCUT2D eigenvalue weighted by atomic mass is 9.78. The van der Waals surface area contributed by atoms with Gasteiger partial charge < -0.3 is 15.5 Å². The number of hydrogen-bond acceptors (Lipinski definition) is 4. The fourth-order valence-electron chi connectivity index (χ4n) is 6.24. The van der Waals surface area contributed by atoms with Crippen molar-refractivity contribution in [2.24, 2.45) is 5.41 Å². The molecule has 0 bridgehead atoms. The summed E-state index contributed by atoms with van der Waals surface area (Å²) in [5, 5.41) is 5.83. The fourth-order valence-corrected chi connectivity index (χ4v) is 6.43. The number of carbonyl (C=O) groups excluding carboxylic acids is 3. The van der Waals surface area contributed by atoms with Gasteiger partial charge in [-0.3, -0.25) is 14.4 Å². The van der Waals surface area contributed by atoms with Gasteiger partial charge in [-0.15, -0.1) is 0 Å². The van der Waals surface area contributed by atoms with Crippen molar-refractivity contribution in [1.29, 1.82) is 0 Å². The van der Waals surface area contributed by atoms with Gasteiger partial charge in [-0.2, -0.15) is 0 Å². The zero-order valence-corrected chi connectivity index (χ0v) is 22.4. The van der Waals surface area contributed by atoms with E-state index in [4.69, 9.17) is 11.6 Å².